The van der Waals surface area contributed by atoms with Crippen molar-refractivity contribution in [2.75, 3.05) is 6.61 Å². The van der Waals surface area contributed by atoms with Gasteiger partial charge in [-0.1, -0.05) is 19.1 Å². The Morgan fingerprint density at radius 2 is 2.20 bits per heavy atom. The Hall–Kier alpha value is -0.790. The largest absolute Gasteiger partial charge is 0.466 e. The average molecular weight is 210 g/mol. The van der Waals surface area contributed by atoms with E-state index in [-0.39, 0.29) is 11.9 Å². The van der Waals surface area contributed by atoms with E-state index < -0.39 is 0 Å². The number of hydrogen-bond acceptors (Lipinski definition) is 2. The monoisotopic (exact) mass is 210 g/mol. The summed E-state index contributed by atoms with van der Waals surface area (Å²) in [6.07, 6.45) is 7.62. The minimum Gasteiger partial charge on any atom is -0.466 e. The molecule has 0 N–H and O–H groups in total. The van der Waals surface area contributed by atoms with Gasteiger partial charge in [0.25, 0.3) is 0 Å². The fourth-order valence-electron chi connectivity index (χ4n) is 2.38. The molecule has 1 aliphatic carbocycles. The van der Waals surface area contributed by atoms with Crippen LogP contribution in [0.25, 0.3) is 0 Å². The van der Waals surface area contributed by atoms with Crippen molar-refractivity contribution in [2.24, 2.45) is 17.8 Å². The summed E-state index contributed by atoms with van der Waals surface area (Å²) < 4.78 is 5.12. The van der Waals surface area contributed by atoms with E-state index in [1.807, 2.05) is 13.8 Å². The molecule has 3 unspecified atom stereocenters. The van der Waals surface area contributed by atoms with Crippen molar-refractivity contribution < 1.29 is 9.53 Å². The molecule has 0 aromatic carbocycles. The molecule has 15 heavy (non-hydrogen) atoms. The average Bonchev–Trinajstić information content (AvgIpc) is 2.21. The van der Waals surface area contributed by atoms with E-state index in [1.54, 1.807) is 0 Å². The fraction of sp³-hybridized carbons (Fsp3) is 0.769. The van der Waals surface area contributed by atoms with Gasteiger partial charge >= 0.3 is 5.97 Å². The van der Waals surface area contributed by atoms with Gasteiger partial charge in [0, 0.05) is 0 Å². The molecule has 1 fully saturated rings. The van der Waals surface area contributed by atoms with Gasteiger partial charge in [-0.05, 0) is 44.9 Å². The number of carbonyl (C=O) groups excluding carboxylic acids is 1. The van der Waals surface area contributed by atoms with E-state index in [9.17, 15) is 4.79 Å². The highest BCUT2D eigenvalue weighted by molar-refractivity contribution is 5.72. The van der Waals surface area contributed by atoms with E-state index in [2.05, 4.69) is 19.1 Å². The standard InChI is InChI=1S/C13H22O2/c1-4-6-11-8-7-10(3)12(9-11)13(14)15-5-2/h4,6,10-12H,5,7-9H2,1-3H3/b6-4-. The van der Waals surface area contributed by atoms with Crippen molar-refractivity contribution in [2.45, 2.75) is 40.0 Å². The van der Waals surface area contributed by atoms with E-state index in [4.69, 9.17) is 4.74 Å². The van der Waals surface area contributed by atoms with E-state index in [1.165, 1.54) is 6.42 Å². The second-order valence-corrected chi connectivity index (χ2v) is 4.43. The van der Waals surface area contributed by atoms with Gasteiger partial charge in [0.15, 0.2) is 0 Å². The first-order valence-corrected chi connectivity index (χ1v) is 5.98. The molecule has 86 valence electrons. The van der Waals surface area contributed by atoms with Gasteiger partial charge < -0.3 is 4.74 Å². The molecule has 0 saturated heterocycles. The third kappa shape index (κ3) is 3.37. The van der Waals surface area contributed by atoms with Crippen molar-refractivity contribution in [3.8, 4) is 0 Å². The maximum atomic E-state index is 11.7. The summed E-state index contributed by atoms with van der Waals surface area (Å²) in [5.41, 5.74) is 0. The first-order valence-electron chi connectivity index (χ1n) is 5.98. The fourth-order valence-corrected chi connectivity index (χ4v) is 2.38. The second kappa shape index (κ2) is 5.94. The number of rotatable bonds is 3. The van der Waals surface area contributed by atoms with Crippen LogP contribution in [0.15, 0.2) is 12.2 Å². The molecular weight excluding hydrogens is 188 g/mol. The Morgan fingerprint density at radius 3 is 2.80 bits per heavy atom. The first-order chi connectivity index (χ1) is 7.19. The smallest absolute Gasteiger partial charge is 0.309 e. The second-order valence-electron chi connectivity index (χ2n) is 4.43. The summed E-state index contributed by atoms with van der Waals surface area (Å²) in [6, 6.07) is 0. The third-order valence-corrected chi connectivity index (χ3v) is 3.29. The summed E-state index contributed by atoms with van der Waals surface area (Å²) in [6.45, 7) is 6.57. The molecule has 3 atom stereocenters. The van der Waals surface area contributed by atoms with Gasteiger partial charge in [-0.3, -0.25) is 4.79 Å². The Kier molecular flexibility index (Phi) is 4.86. The van der Waals surface area contributed by atoms with Gasteiger partial charge in [0.2, 0.25) is 0 Å². The summed E-state index contributed by atoms with van der Waals surface area (Å²) >= 11 is 0. The lowest BCUT2D eigenvalue weighted by Crippen LogP contribution is -2.30. The van der Waals surface area contributed by atoms with Gasteiger partial charge in [-0.25, -0.2) is 0 Å². The molecule has 1 rings (SSSR count). The molecule has 1 aliphatic rings. The zero-order valence-corrected chi connectivity index (χ0v) is 10.0. The lowest BCUT2D eigenvalue weighted by atomic mass is 9.75. The Labute approximate surface area is 92.7 Å². The van der Waals surface area contributed by atoms with E-state index in [0.717, 1.165) is 12.8 Å². The van der Waals surface area contributed by atoms with Crippen LogP contribution in [0.2, 0.25) is 0 Å². The van der Waals surface area contributed by atoms with Gasteiger partial charge in [-0.15, -0.1) is 0 Å². The predicted molar refractivity (Wildman–Crippen MR) is 61.4 cm³/mol. The van der Waals surface area contributed by atoms with Crippen molar-refractivity contribution in [1.82, 2.24) is 0 Å². The molecule has 1 saturated carbocycles. The Balaban J connectivity index is 2.56. The van der Waals surface area contributed by atoms with Crippen molar-refractivity contribution >= 4 is 5.97 Å². The van der Waals surface area contributed by atoms with Gasteiger partial charge in [0.1, 0.15) is 0 Å². The summed E-state index contributed by atoms with van der Waals surface area (Å²) in [7, 11) is 0. The highest BCUT2D eigenvalue weighted by atomic mass is 16.5. The maximum Gasteiger partial charge on any atom is 0.309 e. The van der Waals surface area contributed by atoms with Crippen LogP contribution in [0.1, 0.15) is 40.0 Å². The molecule has 2 heteroatoms. The lowest BCUT2D eigenvalue weighted by molar-refractivity contribution is -0.151. The number of ether oxygens (including phenoxy) is 1. The van der Waals surface area contributed by atoms with Crippen LogP contribution in [0, 0.1) is 17.8 Å². The highest BCUT2D eigenvalue weighted by Gasteiger charge is 2.32. The molecule has 0 radical (unpaired) electrons. The number of esters is 1. The topological polar surface area (TPSA) is 26.3 Å². The number of carbonyl (C=O) groups is 1. The molecule has 0 bridgehead atoms. The van der Waals surface area contributed by atoms with Crippen LogP contribution in [0.5, 0.6) is 0 Å². The summed E-state index contributed by atoms with van der Waals surface area (Å²) in [5.74, 6) is 1.16. The Morgan fingerprint density at radius 1 is 1.47 bits per heavy atom. The van der Waals surface area contributed by atoms with E-state index >= 15 is 0 Å². The van der Waals surface area contributed by atoms with Crippen LogP contribution in [0.4, 0.5) is 0 Å². The van der Waals surface area contributed by atoms with Crippen molar-refractivity contribution in [1.29, 1.82) is 0 Å². The normalized spacial score (nSPS) is 31.8. The molecule has 0 amide bonds. The molecule has 0 heterocycles. The van der Waals surface area contributed by atoms with Crippen LogP contribution >= 0.6 is 0 Å². The maximum absolute atomic E-state index is 11.7. The molecule has 0 aliphatic heterocycles. The molecular formula is C13H22O2. The predicted octanol–water partition coefficient (Wildman–Crippen LogP) is 3.18. The van der Waals surface area contributed by atoms with Crippen molar-refractivity contribution in [3.63, 3.8) is 0 Å². The van der Waals surface area contributed by atoms with Crippen LogP contribution in [0.3, 0.4) is 0 Å². The van der Waals surface area contributed by atoms with E-state index in [0.29, 0.717) is 18.4 Å². The number of hydrogen-bond donors (Lipinski definition) is 0. The quantitative estimate of drug-likeness (QED) is 0.528. The molecule has 2 nitrogen and oxygen atoms in total. The zero-order valence-electron chi connectivity index (χ0n) is 10.0. The minimum absolute atomic E-state index is 0.000738. The van der Waals surface area contributed by atoms with Crippen LogP contribution < -0.4 is 0 Å². The summed E-state index contributed by atoms with van der Waals surface area (Å²) in [4.78, 5) is 11.7. The SMILES string of the molecule is C/C=C\C1CCC(C)C(C(=O)OCC)C1. The van der Waals surface area contributed by atoms with Gasteiger partial charge in [0.05, 0.1) is 12.5 Å². The molecule has 0 aromatic rings. The minimum atomic E-state index is -0.000738. The summed E-state index contributed by atoms with van der Waals surface area (Å²) in [5, 5.41) is 0. The van der Waals surface area contributed by atoms with Gasteiger partial charge in [-0.2, -0.15) is 0 Å². The number of allylic oxidation sites excluding steroid dienone is 2. The lowest BCUT2D eigenvalue weighted by Gasteiger charge is -2.31. The van der Waals surface area contributed by atoms with Crippen LogP contribution in [-0.2, 0) is 9.53 Å². The highest BCUT2D eigenvalue weighted by Crippen LogP contribution is 2.35. The third-order valence-electron chi connectivity index (χ3n) is 3.29. The van der Waals surface area contributed by atoms with Crippen molar-refractivity contribution in [3.05, 3.63) is 12.2 Å². The Bertz CT molecular complexity index is 233. The molecule has 0 spiro atoms. The first kappa shape index (κ1) is 12.3. The zero-order chi connectivity index (χ0) is 11.3. The molecule has 0 aromatic heterocycles. The van der Waals surface area contributed by atoms with Crippen LogP contribution in [-0.4, -0.2) is 12.6 Å².